The summed E-state index contributed by atoms with van der Waals surface area (Å²) in [5, 5.41) is 0.613. The van der Waals surface area contributed by atoms with Crippen LogP contribution in [0.15, 0.2) is 48.5 Å². The molecule has 5 rings (SSSR count). The zero-order valence-electron chi connectivity index (χ0n) is 18.1. The van der Waals surface area contributed by atoms with Crippen molar-refractivity contribution in [2.75, 3.05) is 24.5 Å². The zero-order valence-corrected chi connectivity index (χ0v) is 18.8. The van der Waals surface area contributed by atoms with Gasteiger partial charge >= 0.3 is 0 Å². The van der Waals surface area contributed by atoms with Crippen LogP contribution >= 0.6 is 11.6 Å². The number of ether oxygens (including phenoxy) is 1. The number of benzene rings is 2. The summed E-state index contributed by atoms with van der Waals surface area (Å²) in [6, 6.07) is 14.9. The van der Waals surface area contributed by atoms with Gasteiger partial charge in [-0.15, -0.1) is 0 Å². The van der Waals surface area contributed by atoms with E-state index in [0.717, 1.165) is 48.9 Å². The van der Waals surface area contributed by atoms with E-state index in [9.17, 15) is 4.79 Å². The first-order chi connectivity index (χ1) is 15.6. The zero-order chi connectivity index (χ0) is 22.1. The van der Waals surface area contributed by atoms with Crippen LogP contribution in [0.1, 0.15) is 40.0 Å². The van der Waals surface area contributed by atoms with E-state index in [-0.39, 0.29) is 5.91 Å². The van der Waals surface area contributed by atoms with Crippen LogP contribution in [0.3, 0.4) is 0 Å². The lowest BCUT2D eigenvalue weighted by atomic mass is 10.1. The monoisotopic (exact) mass is 448 g/mol. The van der Waals surface area contributed by atoms with Gasteiger partial charge in [-0.25, -0.2) is 4.98 Å². The number of carbonyl (C=O) groups excluding carboxylic acids is 1. The van der Waals surface area contributed by atoms with E-state index in [1.165, 1.54) is 5.56 Å². The highest BCUT2D eigenvalue weighted by Crippen LogP contribution is 2.32. The van der Waals surface area contributed by atoms with E-state index in [2.05, 4.69) is 4.90 Å². The highest BCUT2D eigenvalue weighted by Gasteiger charge is 2.29. The van der Waals surface area contributed by atoms with E-state index >= 15 is 0 Å². The minimum Gasteiger partial charge on any atom is -0.438 e. The molecule has 2 aliphatic rings. The lowest BCUT2D eigenvalue weighted by molar-refractivity contribution is 0.0732. The molecule has 0 unspecified atom stereocenters. The van der Waals surface area contributed by atoms with Crippen LogP contribution in [0.2, 0.25) is 5.02 Å². The smallest absolute Gasteiger partial charge is 0.254 e. The SMILES string of the molecule is Cc1ccc(Oc2nc(N3CCCC3)nc3c2CN(C(=O)c2ccc(Cl)cc2)CC3)cc1. The fourth-order valence-electron chi connectivity index (χ4n) is 4.18. The summed E-state index contributed by atoms with van der Waals surface area (Å²) < 4.78 is 6.25. The van der Waals surface area contributed by atoms with Crippen molar-refractivity contribution in [3.8, 4) is 11.6 Å². The Bertz CT molecular complexity index is 1130. The van der Waals surface area contributed by atoms with Gasteiger partial charge in [0.25, 0.3) is 5.91 Å². The summed E-state index contributed by atoms with van der Waals surface area (Å²) in [4.78, 5) is 26.8. The second-order valence-electron chi connectivity index (χ2n) is 8.35. The van der Waals surface area contributed by atoms with Crippen molar-refractivity contribution in [1.82, 2.24) is 14.9 Å². The topological polar surface area (TPSA) is 58.6 Å². The number of halogens is 1. The van der Waals surface area contributed by atoms with E-state index in [1.807, 2.05) is 36.1 Å². The molecule has 6 nitrogen and oxygen atoms in total. The summed E-state index contributed by atoms with van der Waals surface area (Å²) in [7, 11) is 0. The third kappa shape index (κ3) is 4.28. The van der Waals surface area contributed by atoms with Gasteiger partial charge in [-0.05, 0) is 56.2 Å². The van der Waals surface area contributed by atoms with Crippen LogP contribution in [0.25, 0.3) is 0 Å². The molecule has 32 heavy (non-hydrogen) atoms. The van der Waals surface area contributed by atoms with Crippen molar-refractivity contribution in [1.29, 1.82) is 0 Å². The number of hydrogen-bond acceptors (Lipinski definition) is 5. The van der Waals surface area contributed by atoms with E-state index in [0.29, 0.717) is 36.0 Å². The number of nitrogens with zero attached hydrogens (tertiary/aromatic N) is 4. The van der Waals surface area contributed by atoms with Gasteiger partial charge < -0.3 is 14.5 Å². The molecule has 1 fully saturated rings. The molecule has 164 valence electrons. The Labute approximate surface area is 192 Å². The van der Waals surface area contributed by atoms with Gasteiger partial charge in [0.2, 0.25) is 11.8 Å². The second kappa shape index (κ2) is 8.79. The van der Waals surface area contributed by atoms with Gasteiger partial charge in [0.1, 0.15) is 5.75 Å². The highest BCUT2D eigenvalue weighted by atomic mass is 35.5. The number of rotatable bonds is 4. The summed E-state index contributed by atoms with van der Waals surface area (Å²) in [5.74, 6) is 1.96. The molecule has 2 aliphatic heterocycles. The van der Waals surface area contributed by atoms with Gasteiger partial charge in [0.05, 0.1) is 17.8 Å². The Balaban J connectivity index is 1.47. The van der Waals surface area contributed by atoms with Crippen molar-refractivity contribution in [2.24, 2.45) is 0 Å². The molecule has 0 N–H and O–H groups in total. The van der Waals surface area contributed by atoms with Crippen LogP contribution in [0, 0.1) is 6.92 Å². The lowest BCUT2D eigenvalue weighted by Crippen LogP contribution is -2.37. The first-order valence-corrected chi connectivity index (χ1v) is 11.4. The van der Waals surface area contributed by atoms with Crippen molar-refractivity contribution in [3.05, 3.63) is 75.9 Å². The van der Waals surface area contributed by atoms with Crippen LogP contribution in [-0.4, -0.2) is 40.4 Å². The molecular formula is C25H25ClN4O2. The van der Waals surface area contributed by atoms with Gasteiger partial charge in [-0.3, -0.25) is 4.79 Å². The Hall–Kier alpha value is -3.12. The molecule has 0 spiro atoms. The number of aryl methyl sites for hydroxylation is 1. The maximum atomic E-state index is 13.1. The number of aromatic nitrogens is 2. The largest absolute Gasteiger partial charge is 0.438 e. The number of fused-ring (bicyclic) bond motifs is 1. The molecule has 0 radical (unpaired) electrons. The number of anilines is 1. The third-order valence-corrected chi connectivity index (χ3v) is 6.27. The molecule has 1 amide bonds. The molecule has 1 saturated heterocycles. The summed E-state index contributed by atoms with van der Waals surface area (Å²) in [5.41, 5.74) is 3.62. The maximum Gasteiger partial charge on any atom is 0.254 e. The normalized spacial score (nSPS) is 15.6. The van der Waals surface area contributed by atoms with Gasteiger partial charge in [-0.1, -0.05) is 29.3 Å². The summed E-state index contributed by atoms with van der Waals surface area (Å²) in [6.45, 7) is 4.99. The first kappa shape index (κ1) is 20.8. The Morgan fingerprint density at radius 1 is 0.969 bits per heavy atom. The fourth-order valence-corrected chi connectivity index (χ4v) is 4.31. The molecule has 0 saturated carbocycles. The Morgan fingerprint density at radius 3 is 2.41 bits per heavy atom. The Kier molecular flexibility index (Phi) is 5.70. The summed E-state index contributed by atoms with van der Waals surface area (Å²) >= 11 is 5.98. The molecule has 3 aromatic rings. The second-order valence-corrected chi connectivity index (χ2v) is 8.78. The van der Waals surface area contributed by atoms with Crippen molar-refractivity contribution >= 4 is 23.5 Å². The van der Waals surface area contributed by atoms with E-state index in [4.69, 9.17) is 26.3 Å². The lowest BCUT2D eigenvalue weighted by Gasteiger charge is -2.30. The predicted octanol–water partition coefficient (Wildman–Crippen LogP) is 5.03. The van der Waals surface area contributed by atoms with Gasteiger partial charge in [-0.2, -0.15) is 4.98 Å². The summed E-state index contributed by atoms with van der Waals surface area (Å²) in [6.07, 6.45) is 2.97. The maximum absolute atomic E-state index is 13.1. The van der Waals surface area contributed by atoms with E-state index in [1.54, 1.807) is 24.3 Å². The van der Waals surface area contributed by atoms with Crippen molar-refractivity contribution in [3.63, 3.8) is 0 Å². The third-order valence-electron chi connectivity index (χ3n) is 6.01. The van der Waals surface area contributed by atoms with Gasteiger partial charge in [0, 0.05) is 36.6 Å². The van der Waals surface area contributed by atoms with Crippen LogP contribution in [0.4, 0.5) is 5.95 Å². The molecule has 2 aromatic carbocycles. The Morgan fingerprint density at radius 2 is 1.69 bits per heavy atom. The predicted molar refractivity (Wildman–Crippen MR) is 125 cm³/mol. The first-order valence-electron chi connectivity index (χ1n) is 11.0. The standard InChI is InChI=1S/C25H25ClN4O2/c1-17-4-10-20(11-5-17)32-23-21-16-30(24(31)18-6-8-19(26)9-7-18)15-12-22(21)27-25(28-23)29-13-2-3-14-29/h4-11H,2-3,12-16H2,1H3. The molecule has 0 atom stereocenters. The number of amides is 1. The van der Waals surface area contributed by atoms with Crippen molar-refractivity contribution < 1.29 is 9.53 Å². The van der Waals surface area contributed by atoms with Crippen molar-refractivity contribution in [2.45, 2.75) is 32.7 Å². The average Bonchev–Trinajstić information content (AvgIpc) is 3.35. The van der Waals surface area contributed by atoms with E-state index < -0.39 is 0 Å². The fraction of sp³-hybridized carbons (Fsp3) is 0.320. The van der Waals surface area contributed by atoms with Gasteiger partial charge in [0.15, 0.2) is 0 Å². The minimum absolute atomic E-state index is 0.0303. The molecule has 3 heterocycles. The molecular weight excluding hydrogens is 424 g/mol. The average molecular weight is 449 g/mol. The number of hydrogen-bond donors (Lipinski definition) is 0. The van der Waals surface area contributed by atoms with Crippen LogP contribution in [0.5, 0.6) is 11.6 Å². The molecule has 0 bridgehead atoms. The number of carbonyl (C=O) groups is 1. The molecule has 7 heteroatoms. The highest BCUT2D eigenvalue weighted by molar-refractivity contribution is 6.30. The van der Waals surface area contributed by atoms with Crippen LogP contribution in [-0.2, 0) is 13.0 Å². The molecule has 1 aromatic heterocycles. The minimum atomic E-state index is -0.0303. The van der Waals surface area contributed by atoms with Crippen LogP contribution < -0.4 is 9.64 Å². The molecule has 0 aliphatic carbocycles. The quantitative estimate of drug-likeness (QED) is 0.560.